The third-order valence-electron chi connectivity index (χ3n) is 4.91. The number of morpholine rings is 1. The molecule has 2 amide bonds. The minimum atomic E-state index is -0.137. The van der Waals surface area contributed by atoms with Gasteiger partial charge in [-0.25, -0.2) is 4.79 Å². The Labute approximate surface area is 173 Å². The van der Waals surface area contributed by atoms with Gasteiger partial charge >= 0.3 is 6.03 Å². The molecule has 1 heterocycles. The summed E-state index contributed by atoms with van der Waals surface area (Å²) in [7, 11) is 0. The number of rotatable bonds is 9. The molecule has 1 fully saturated rings. The highest BCUT2D eigenvalue weighted by molar-refractivity contribution is 5.73. The van der Waals surface area contributed by atoms with Crippen molar-refractivity contribution in [2.45, 2.75) is 26.3 Å². The summed E-state index contributed by atoms with van der Waals surface area (Å²) >= 11 is 0. The summed E-state index contributed by atoms with van der Waals surface area (Å²) in [5.74, 6) is 0.890. The van der Waals surface area contributed by atoms with Crippen molar-refractivity contribution < 1.29 is 14.3 Å². The van der Waals surface area contributed by atoms with E-state index in [9.17, 15) is 4.79 Å². The monoisotopic (exact) mass is 397 g/mol. The first-order valence-electron chi connectivity index (χ1n) is 10.3. The normalized spacial score (nSPS) is 13.8. The topological polar surface area (TPSA) is 62.8 Å². The molecule has 1 aliphatic rings. The molecule has 1 saturated heterocycles. The summed E-state index contributed by atoms with van der Waals surface area (Å²) < 4.78 is 11.1. The van der Waals surface area contributed by atoms with Crippen molar-refractivity contribution in [1.82, 2.24) is 10.6 Å². The summed E-state index contributed by atoms with van der Waals surface area (Å²) in [6.45, 7) is 7.28. The largest absolute Gasteiger partial charge is 0.494 e. The Balaban J connectivity index is 1.25. The molecule has 2 aromatic carbocycles. The van der Waals surface area contributed by atoms with Crippen molar-refractivity contribution in [3.05, 3.63) is 59.7 Å². The molecule has 0 unspecified atom stereocenters. The zero-order chi connectivity index (χ0) is 20.3. The van der Waals surface area contributed by atoms with E-state index in [2.05, 4.69) is 46.7 Å². The number of urea groups is 1. The first-order chi connectivity index (χ1) is 14.2. The van der Waals surface area contributed by atoms with Gasteiger partial charge in [-0.2, -0.15) is 0 Å². The summed E-state index contributed by atoms with van der Waals surface area (Å²) in [5, 5.41) is 5.80. The molecule has 0 bridgehead atoms. The van der Waals surface area contributed by atoms with Gasteiger partial charge in [0.1, 0.15) is 5.75 Å². The van der Waals surface area contributed by atoms with E-state index in [1.165, 1.54) is 11.3 Å². The molecule has 0 radical (unpaired) electrons. The third-order valence-corrected chi connectivity index (χ3v) is 4.91. The van der Waals surface area contributed by atoms with Crippen molar-refractivity contribution in [2.24, 2.45) is 0 Å². The van der Waals surface area contributed by atoms with E-state index in [0.29, 0.717) is 19.7 Å². The fourth-order valence-electron chi connectivity index (χ4n) is 3.14. The lowest BCUT2D eigenvalue weighted by molar-refractivity contribution is 0.122. The Morgan fingerprint density at radius 1 is 1.00 bits per heavy atom. The van der Waals surface area contributed by atoms with Crippen LogP contribution in [0.1, 0.15) is 24.0 Å². The molecule has 0 atom stereocenters. The molecule has 0 spiro atoms. The minimum absolute atomic E-state index is 0.137. The van der Waals surface area contributed by atoms with Crippen LogP contribution >= 0.6 is 0 Å². The molecular weight excluding hydrogens is 366 g/mol. The van der Waals surface area contributed by atoms with Crippen LogP contribution in [0.5, 0.6) is 5.75 Å². The molecule has 2 N–H and O–H groups in total. The highest BCUT2D eigenvalue weighted by Gasteiger charge is 2.10. The molecule has 6 nitrogen and oxygen atoms in total. The molecule has 156 valence electrons. The Hall–Kier alpha value is -2.73. The second-order valence-electron chi connectivity index (χ2n) is 7.24. The Morgan fingerprint density at radius 3 is 2.45 bits per heavy atom. The van der Waals surface area contributed by atoms with Crippen LogP contribution in [0.2, 0.25) is 0 Å². The number of hydrogen-bond acceptors (Lipinski definition) is 4. The summed E-state index contributed by atoms with van der Waals surface area (Å²) in [6.07, 6.45) is 1.78. The number of ether oxygens (including phenoxy) is 2. The zero-order valence-electron chi connectivity index (χ0n) is 17.2. The summed E-state index contributed by atoms with van der Waals surface area (Å²) in [5.41, 5.74) is 3.51. The summed E-state index contributed by atoms with van der Waals surface area (Å²) in [6, 6.07) is 16.2. The Kier molecular flexibility index (Phi) is 8.19. The van der Waals surface area contributed by atoms with E-state index >= 15 is 0 Å². The minimum Gasteiger partial charge on any atom is -0.494 e. The quantitative estimate of drug-likeness (QED) is 0.636. The van der Waals surface area contributed by atoms with Gasteiger partial charge in [0.2, 0.25) is 0 Å². The van der Waals surface area contributed by atoms with Crippen molar-refractivity contribution in [3.8, 4) is 5.75 Å². The Morgan fingerprint density at radius 2 is 1.72 bits per heavy atom. The number of nitrogens with one attached hydrogen (secondary N) is 2. The van der Waals surface area contributed by atoms with E-state index in [1.54, 1.807) is 0 Å². The SMILES string of the molecule is Cc1ccc(OCCCCNC(=O)NCc2ccc(N3CCOCC3)cc2)cc1. The van der Waals surface area contributed by atoms with E-state index in [4.69, 9.17) is 9.47 Å². The fourth-order valence-corrected chi connectivity index (χ4v) is 3.14. The van der Waals surface area contributed by atoms with Crippen molar-refractivity contribution in [1.29, 1.82) is 0 Å². The predicted molar refractivity (Wildman–Crippen MR) is 116 cm³/mol. The van der Waals surface area contributed by atoms with Crippen LogP contribution < -0.4 is 20.3 Å². The zero-order valence-corrected chi connectivity index (χ0v) is 17.2. The van der Waals surface area contributed by atoms with Gasteiger partial charge in [0.05, 0.1) is 19.8 Å². The molecule has 29 heavy (non-hydrogen) atoms. The average Bonchev–Trinajstić information content (AvgIpc) is 2.77. The van der Waals surface area contributed by atoms with Gasteiger partial charge in [-0.3, -0.25) is 0 Å². The second kappa shape index (κ2) is 11.3. The van der Waals surface area contributed by atoms with Crippen LogP contribution in [0.4, 0.5) is 10.5 Å². The van der Waals surface area contributed by atoms with Gasteiger partial charge in [-0.1, -0.05) is 29.8 Å². The van der Waals surface area contributed by atoms with Crippen molar-refractivity contribution >= 4 is 11.7 Å². The highest BCUT2D eigenvalue weighted by atomic mass is 16.5. The number of amides is 2. The average molecular weight is 398 g/mol. The third kappa shape index (κ3) is 7.31. The summed E-state index contributed by atoms with van der Waals surface area (Å²) in [4.78, 5) is 14.3. The van der Waals surface area contributed by atoms with E-state index in [-0.39, 0.29) is 6.03 Å². The molecule has 3 rings (SSSR count). The van der Waals surface area contributed by atoms with Gasteiger partial charge in [0.25, 0.3) is 0 Å². The van der Waals surface area contributed by atoms with Gasteiger partial charge in [0, 0.05) is 31.9 Å². The molecule has 0 aromatic heterocycles. The first kappa shape index (κ1) is 21.0. The number of carbonyl (C=O) groups excluding carboxylic acids is 1. The number of nitrogens with zero attached hydrogens (tertiary/aromatic N) is 1. The van der Waals surface area contributed by atoms with Crippen molar-refractivity contribution in [2.75, 3.05) is 44.4 Å². The molecule has 0 aliphatic carbocycles. The number of benzene rings is 2. The number of hydrogen-bond donors (Lipinski definition) is 2. The molecular formula is C23H31N3O3. The number of unbranched alkanes of at least 4 members (excludes halogenated alkanes) is 1. The van der Waals surface area contributed by atoms with E-state index < -0.39 is 0 Å². The molecule has 2 aromatic rings. The lowest BCUT2D eigenvalue weighted by atomic mass is 10.2. The van der Waals surface area contributed by atoms with E-state index in [1.807, 2.05) is 24.3 Å². The number of aryl methyl sites for hydroxylation is 1. The fraction of sp³-hybridized carbons (Fsp3) is 0.435. The first-order valence-corrected chi connectivity index (χ1v) is 10.3. The maximum absolute atomic E-state index is 11.9. The molecule has 1 aliphatic heterocycles. The molecule has 0 saturated carbocycles. The van der Waals surface area contributed by atoms with Crippen molar-refractivity contribution in [3.63, 3.8) is 0 Å². The van der Waals surface area contributed by atoms with Crippen LogP contribution in [0.3, 0.4) is 0 Å². The number of anilines is 1. The second-order valence-corrected chi connectivity index (χ2v) is 7.24. The Bertz CT molecular complexity index is 741. The van der Waals surface area contributed by atoms with Gasteiger partial charge in [-0.05, 0) is 49.6 Å². The van der Waals surface area contributed by atoms with E-state index in [0.717, 1.165) is 50.5 Å². The van der Waals surface area contributed by atoms with Gasteiger partial charge in [0.15, 0.2) is 0 Å². The standard InChI is InChI=1S/C23H31N3O3/c1-19-4-10-22(11-5-19)29-15-3-2-12-24-23(27)25-18-20-6-8-21(9-7-20)26-13-16-28-17-14-26/h4-11H,2-3,12-18H2,1H3,(H2,24,25,27). The smallest absolute Gasteiger partial charge is 0.315 e. The lowest BCUT2D eigenvalue weighted by Crippen LogP contribution is -2.36. The van der Waals surface area contributed by atoms with Crippen LogP contribution in [0, 0.1) is 6.92 Å². The maximum atomic E-state index is 11.9. The van der Waals surface area contributed by atoms with Gasteiger partial charge in [-0.15, -0.1) is 0 Å². The van der Waals surface area contributed by atoms with Crippen LogP contribution in [-0.2, 0) is 11.3 Å². The molecule has 6 heteroatoms. The highest BCUT2D eigenvalue weighted by Crippen LogP contribution is 2.16. The van der Waals surface area contributed by atoms with Crippen LogP contribution in [-0.4, -0.2) is 45.5 Å². The predicted octanol–water partition coefficient (Wildman–Crippen LogP) is 3.49. The van der Waals surface area contributed by atoms with Crippen LogP contribution in [0.15, 0.2) is 48.5 Å². The van der Waals surface area contributed by atoms with Gasteiger partial charge < -0.3 is 25.0 Å². The van der Waals surface area contributed by atoms with Crippen LogP contribution in [0.25, 0.3) is 0 Å². The maximum Gasteiger partial charge on any atom is 0.315 e. The number of carbonyl (C=O) groups is 1. The lowest BCUT2D eigenvalue weighted by Gasteiger charge is -2.28.